The van der Waals surface area contributed by atoms with E-state index in [-0.39, 0.29) is 35.8 Å². The van der Waals surface area contributed by atoms with Gasteiger partial charge in [-0.15, -0.1) is 0 Å². The van der Waals surface area contributed by atoms with E-state index in [1.807, 2.05) is 12.5 Å². The molecule has 0 aliphatic carbocycles. The molecule has 2 unspecified atom stereocenters. The Hall–Kier alpha value is -1.61. The van der Waals surface area contributed by atoms with Crippen LogP contribution in [0.1, 0.15) is 12.8 Å². The summed E-state index contributed by atoms with van der Waals surface area (Å²) in [4.78, 5) is 37.7. The summed E-state index contributed by atoms with van der Waals surface area (Å²) in [5, 5.41) is 21.4. The van der Waals surface area contributed by atoms with E-state index >= 15 is 0 Å². The maximum Gasteiger partial charge on any atom is 0.373 e. The number of carbonyl (C=O) groups is 2. The molecule has 0 aromatic heterocycles. The van der Waals surface area contributed by atoms with E-state index in [0.717, 1.165) is 11.5 Å². The van der Waals surface area contributed by atoms with Crippen molar-refractivity contribution in [2.45, 2.75) is 25.0 Å². The van der Waals surface area contributed by atoms with Crippen LogP contribution in [0.15, 0.2) is 0 Å². The molecule has 0 radical (unpaired) electrons. The molecule has 140 valence electrons. The number of thioether (sulfide) groups is 2. The zero-order chi connectivity index (χ0) is 17.4. The van der Waals surface area contributed by atoms with Gasteiger partial charge in [-0.1, -0.05) is 0 Å². The molecule has 0 spiro atoms. The minimum atomic E-state index is -0.762. The van der Waals surface area contributed by atoms with Gasteiger partial charge in [-0.05, 0) is 36.9 Å². The van der Waals surface area contributed by atoms with Crippen LogP contribution < -0.4 is 16.8 Å². The second-order valence-electron chi connectivity index (χ2n) is 3.81. The monoisotopic (exact) mass is 384 g/mol. The lowest BCUT2D eigenvalue weighted by molar-refractivity contribution is -0.191. The number of carbonyl (C=O) groups excluding carboxylic acids is 4. The summed E-state index contributed by atoms with van der Waals surface area (Å²) in [6.45, 7) is 0. The molecule has 10 nitrogen and oxygen atoms in total. The molecular formula is C12H24N4O6S2. The van der Waals surface area contributed by atoms with Crippen molar-refractivity contribution in [3.05, 3.63) is 0 Å². The molecule has 0 saturated carbocycles. The molecule has 1 saturated heterocycles. The fraction of sp³-hybridized carbons (Fsp3) is 0.667. The number of amides is 3. The van der Waals surface area contributed by atoms with Crippen LogP contribution in [0.4, 0.5) is 4.79 Å². The van der Waals surface area contributed by atoms with Crippen molar-refractivity contribution in [1.29, 1.82) is 5.26 Å². The van der Waals surface area contributed by atoms with E-state index in [1.165, 1.54) is 0 Å². The van der Waals surface area contributed by atoms with Crippen molar-refractivity contribution in [2.24, 2.45) is 0 Å². The number of nitrogens with one attached hydrogen (secondary N) is 2. The average Bonchev–Trinajstić information content (AvgIpc) is 2.82. The lowest BCUT2D eigenvalue weighted by Gasteiger charge is -2.03. The molecule has 1 heterocycles. The van der Waals surface area contributed by atoms with Crippen molar-refractivity contribution in [2.75, 3.05) is 24.0 Å². The fourth-order valence-electron chi connectivity index (χ4n) is 1.19. The molecule has 0 aromatic rings. The predicted octanol–water partition coefficient (Wildman–Crippen LogP) is -0.675. The van der Waals surface area contributed by atoms with Gasteiger partial charge < -0.3 is 22.1 Å². The number of rotatable bonds is 6. The molecule has 24 heavy (non-hydrogen) atoms. The van der Waals surface area contributed by atoms with Gasteiger partial charge in [-0.2, -0.15) is 38.4 Å². The van der Waals surface area contributed by atoms with Gasteiger partial charge in [-0.3, -0.25) is 10.1 Å². The van der Waals surface area contributed by atoms with Gasteiger partial charge in [0.25, 0.3) is 5.91 Å². The first-order chi connectivity index (χ1) is 10.5. The summed E-state index contributed by atoms with van der Waals surface area (Å²) >= 11 is 3.29. The van der Waals surface area contributed by atoms with Crippen molar-refractivity contribution in [3.8, 4) is 6.07 Å². The summed E-state index contributed by atoms with van der Waals surface area (Å²) in [6, 6.07) is 1.06. The smallest absolute Gasteiger partial charge is 0.373 e. The summed E-state index contributed by atoms with van der Waals surface area (Å²) < 4.78 is 0. The second-order valence-corrected chi connectivity index (χ2v) is 5.78. The van der Waals surface area contributed by atoms with E-state index in [0.29, 0.717) is 12.8 Å². The molecule has 1 aliphatic heterocycles. The number of nitrogens with zero attached hydrogens (tertiary/aromatic N) is 1. The minimum absolute atomic E-state index is 0. The summed E-state index contributed by atoms with van der Waals surface area (Å²) in [5.41, 5.74) is 0. The number of urea groups is 1. The number of aliphatic hydroxyl groups excluding tert-OH is 1. The average molecular weight is 384 g/mol. The van der Waals surface area contributed by atoms with Crippen molar-refractivity contribution >= 4 is 41.6 Å². The van der Waals surface area contributed by atoms with Crippen LogP contribution in [0.3, 0.4) is 0 Å². The number of hydrogen-bond donors (Lipinski definition) is 4. The molecule has 3 amide bonds. The van der Waals surface area contributed by atoms with E-state index in [4.69, 9.17) is 20.0 Å². The van der Waals surface area contributed by atoms with E-state index in [1.54, 1.807) is 29.6 Å². The Morgan fingerprint density at radius 3 is 2.08 bits per heavy atom. The Bertz CT molecular complexity index is 413. The first-order valence-corrected chi connectivity index (χ1v) is 8.91. The van der Waals surface area contributed by atoms with Crippen LogP contribution in [-0.2, 0) is 14.4 Å². The first kappa shape index (κ1) is 30.3. The van der Waals surface area contributed by atoms with Gasteiger partial charge in [0.15, 0.2) is 0 Å². The summed E-state index contributed by atoms with van der Waals surface area (Å²) in [6.07, 6.45) is 4.69. The quantitative estimate of drug-likeness (QED) is 0.338. The minimum Gasteiger partial charge on any atom is -0.412 e. The highest BCUT2D eigenvalue weighted by atomic mass is 32.2. The third-order valence-electron chi connectivity index (χ3n) is 2.21. The highest BCUT2D eigenvalue weighted by Gasteiger charge is 2.28. The fourth-order valence-corrected chi connectivity index (χ4v) is 2.12. The maximum absolute atomic E-state index is 10.9. The van der Waals surface area contributed by atoms with Crippen LogP contribution >= 0.6 is 23.5 Å². The Balaban J connectivity index is -0.000000138. The van der Waals surface area contributed by atoms with Gasteiger partial charge in [0, 0.05) is 0 Å². The van der Waals surface area contributed by atoms with Crippen LogP contribution in [0.5, 0.6) is 0 Å². The second kappa shape index (κ2) is 21.4. The Labute approximate surface area is 149 Å². The van der Waals surface area contributed by atoms with Gasteiger partial charge in [-0.25, -0.2) is 4.79 Å². The van der Waals surface area contributed by atoms with Gasteiger partial charge in [0.2, 0.25) is 0 Å². The zero-order valence-electron chi connectivity index (χ0n) is 13.5. The molecule has 12 heteroatoms. The van der Waals surface area contributed by atoms with Crippen LogP contribution in [0, 0.1) is 11.3 Å². The number of hydrogen-bond acceptors (Lipinski definition) is 9. The standard InChI is InChI=1S/C6H10N2O2S.C5H9NOS.CO2.H3N.H2O/c1-11-3-2-4-5(9)8-6(10)7-4;1-8-3-2-5(7)4-6;2-1-3;;/h4H,2-3H2,1H3,(H2,7,8,9,10);5,7H,2-3H2,1H3;;1H3;1H2. The number of imide groups is 1. The maximum atomic E-state index is 10.9. The lowest BCUT2D eigenvalue weighted by Crippen LogP contribution is -2.29. The SMILES string of the molecule is CSCCC(O)C#N.CSCCC1NC(=O)NC1=O.N.O.O=C=O. The Morgan fingerprint density at radius 2 is 1.75 bits per heavy atom. The van der Waals surface area contributed by atoms with E-state index in [2.05, 4.69) is 10.6 Å². The van der Waals surface area contributed by atoms with Crippen LogP contribution in [0.2, 0.25) is 0 Å². The third kappa shape index (κ3) is 18.4. The van der Waals surface area contributed by atoms with Crippen molar-refractivity contribution in [3.63, 3.8) is 0 Å². The molecule has 8 N–H and O–H groups in total. The third-order valence-corrected chi connectivity index (χ3v) is 3.50. The van der Waals surface area contributed by atoms with Crippen LogP contribution in [-0.4, -0.2) is 64.8 Å². The van der Waals surface area contributed by atoms with Crippen molar-refractivity contribution < 1.29 is 29.8 Å². The van der Waals surface area contributed by atoms with E-state index in [9.17, 15) is 9.59 Å². The molecule has 2 atom stereocenters. The molecule has 0 aromatic carbocycles. The van der Waals surface area contributed by atoms with Crippen molar-refractivity contribution in [1.82, 2.24) is 16.8 Å². The lowest BCUT2D eigenvalue weighted by atomic mass is 10.2. The first-order valence-electron chi connectivity index (χ1n) is 6.12. The number of aliphatic hydroxyl groups is 1. The highest BCUT2D eigenvalue weighted by molar-refractivity contribution is 7.98. The molecule has 1 rings (SSSR count). The molecule has 1 aliphatic rings. The topological polar surface area (TPSA) is 203 Å². The summed E-state index contributed by atoms with van der Waals surface area (Å²) in [7, 11) is 0. The normalized spacial score (nSPS) is 15.2. The molecule has 0 bridgehead atoms. The Morgan fingerprint density at radius 1 is 1.25 bits per heavy atom. The largest absolute Gasteiger partial charge is 0.412 e. The van der Waals surface area contributed by atoms with E-state index < -0.39 is 6.10 Å². The number of nitriles is 1. The Kier molecular flexibility index (Phi) is 27.0. The molecular weight excluding hydrogens is 360 g/mol. The van der Waals surface area contributed by atoms with Gasteiger partial charge >= 0.3 is 12.2 Å². The predicted molar refractivity (Wildman–Crippen MR) is 91.7 cm³/mol. The zero-order valence-corrected chi connectivity index (χ0v) is 15.2. The van der Waals surface area contributed by atoms with Crippen LogP contribution in [0.25, 0.3) is 0 Å². The van der Waals surface area contributed by atoms with Gasteiger partial charge in [0.1, 0.15) is 12.1 Å². The van der Waals surface area contributed by atoms with Gasteiger partial charge in [0.05, 0.1) is 6.07 Å². The summed E-state index contributed by atoms with van der Waals surface area (Å²) in [5.74, 6) is 1.54. The highest BCUT2D eigenvalue weighted by Crippen LogP contribution is 2.03. The molecule has 1 fully saturated rings.